The summed E-state index contributed by atoms with van der Waals surface area (Å²) in [4.78, 5) is 12.0. The summed E-state index contributed by atoms with van der Waals surface area (Å²) in [6.45, 7) is 0.842. The van der Waals surface area contributed by atoms with Gasteiger partial charge >= 0.3 is 6.18 Å². The number of anilines is 5. The molecule has 0 aliphatic carbocycles. The Kier molecular flexibility index (Phi) is 6.88. The second-order valence-corrected chi connectivity index (χ2v) is 8.57. The van der Waals surface area contributed by atoms with E-state index in [-0.39, 0.29) is 22.2 Å². The first-order chi connectivity index (χ1) is 15.5. The van der Waals surface area contributed by atoms with Crippen LogP contribution in [0.5, 0.6) is 5.75 Å². The van der Waals surface area contributed by atoms with Crippen LogP contribution in [0.3, 0.4) is 0 Å². The fourth-order valence-corrected chi connectivity index (χ4v) is 3.25. The van der Waals surface area contributed by atoms with E-state index in [1.807, 2.05) is 0 Å². The molecule has 1 unspecified atom stereocenters. The van der Waals surface area contributed by atoms with Gasteiger partial charge in [0.25, 0.3) is 0 Å². The molecule has 10 nitrogen and oxygen atoms in total. The predicted molar refractivity (Wildman–Crippen MR) is 116 cm³/mol. The van der Waals surface area contributed by atoms with Crippen LogP contribution in [-0.4, -0.2) is 42.7 Å². The molecule has 0 aliphatic rings. The van der Waals surface area contributed by atoms with E-state index in [0.29, 0.717) is 17.3 Å². The molecule has 0 amide bonds. The molecule has 176 valence electrons. The van der Waals surface area contributed by atoms with Crippen molar-refractivity contribution < 1.29 is 26.3 Å². The van der Waals surface area contributed by atoms with Crippen LogP contribution >= 0.6 is 0 Å². The highest BCUT2D eigenvalue weighted by Crippen LogP contribution is 2.34. The fraction of sp³-hybridized carbons (Fsp3) is 0.211. The third-order valence-corrected chi connectivity index (χ3v) is 5.68. The van der Waals surface area contributed by atoms with Crippen LogP contribution in [0.2, 0.25) is 0 Å². The van der Waals surface area contributed by atoms with Crippen molar-refractivity contribution in [2.45, 2.75) is 24.1 Å². The van der Waals surface area contributed by atoms with Gasteiger partial charge in [-0.2, -0.15) is 13.2 Å². The second kappa shape index (κ2) is 9.46. The molecule has 0 fully saturated rings. The number of nitrogens with two attached hydrogens (primary N) is 1. The SMILES string of the molecule is CNS(=O)(=O)c1ccc(OC(C)C(F)(F)F)c(Nc2cc(Nc3ccc(N)cn3)ncn2)c1. The average molecular weight is 483 g/mol. The molecule has 14 heteroatoms. The van der Waals surface area contributed by atoms with Crippen molar-refractivity contribution in [2.75, 3.05) is 23.4 Å². The van der Waals surface area contributed by atoms with Crippen LogP contribution in [0.25, 0.3) is 0 Å². The average Bonchev–Trinajstić information content (AvgIpc) is 2.76. The number of benzene rings is 1. The molecule has 5 N–H and O–H groups in total. The fourth-order valence-electron chi connectivity index (χ4n) is 2.49. The number of hydrogen-bond donors (Lipinski definition) is 4. The summed E-state index contributed by atoms with van der Waals surface area (Å²) in [6, 6.07) is 8.12. The maximum atomic E-state index is 13.0. The van der Waals surface area contributed by atoms with Gasteiger partial charge in [-0.3, -0.25) is 0 Å². The van der Waals surface area contributed by atoms with Gasteiger partial charge in [-0.25, -0.2) is 28.1 Å². The van der Waals surface area contributed by atoms with Gasteiger partial charge in [0.05, 0.1) is 22.5 Å². The third-order valence-electron chi connectivity index (χ3n) is 4.27. The number of nitrogens with one attached hydrogen (secondary N) is 3. The van der Waals surface area contributed by atoms with E-state index < -0.39 is 22.3 Å². The minimum Gasteiger partial charge on any atom is -0.479 e. The first-order valence-electron chi connectivity index (χ1n) is 9.36. The van der Waals surface area contributed by atoms with Gasteiger partial charge in [-0.15, -0.1) is 0 Å². The number of nitrogen functional groups attached to an aromatic ring is 1. The summed E-state index contributed by atoms with van der Waals surface area (Å²) in [5.41, 5.74) is 6.03. The first kappa shape index (κ1) is 24.0. The van der Waals surface area contributed by atoms with Crippen molar-refractivity contribution in [1.29, 1.82) is 0 Å². The number of hydrogen-bond acceptors (Lipinski definition) is 9. The molecule has 0 bridgehead atoms. The van der Waals surface area contributed by atoms with E-state index in [1.165, 1.54) is 25.6 Å². The van der Waals surface area contributed by atoms with Crippen LogP contribution in [-0.2, 0) is 10.0 Å². The Bertz CT molecular complexity index is 1220. The zero-order chi connectivity index (χ0) is 24.2. The Hall–Kier alpha value is -3.65. The summed E-state index contributed by atoms with van der Waals surface area (Å²) < 4.78 is 70.5. The highest BCUT2D eigenvalue weighted by atomic mass is 32.2. The van der Waals surface area contributed by atoms with Crippen molar-refractivity contribution >= 4 is 38.9 Å². The molecule has 0 spiro atoms. The van der Waals surface area contributed by atoms with E-state index in [2.05, 4.69) is 30.3 Å². The lowest BCUT2D eigenvalue weighted by Gasteiger charge is -2.20. The van der Waals surface area contributed by atoms with Crippen LogP contribution in [0, 0.1) is 0 Å². The molecule has 0 saturated heterocycles. The largest absolute Gasteiger partial charge is 0.479 e. The Balaban J connectivity index is 1.93. The summed E-state index contributed by atoms with van der Waals surface area (Å²) in [5, 5.41) is 5.71. The number of pyridine rings is 1. The highest BCUT2D eigenvalue weighted by molar-refractivity contribution is 7.89. The molecule has 3 aromatic rings. The third kappa shape index (κ3) is 6.20. The zero-order valence-corrected chi connectivity index (χ0v) is 18.2. The summed E-state index contributed by atoms with van der Waals surface area (Å²) in [5.74, 6) is 0.698. The summed E-state index contributed by atoms with van der Waals surface area (Å²) in [7, 11) is -2.66. The lowest BCUT2D eigenvalue weighted by atomic mass is 10.2. The molecule has 0 radical (unpaired) electrons. The highest BCUT2D eigenvalue weighted by Gasteiger charge is 2.38. The second-order valence-electron chi connectivity index (χ2n) is 6.68. The smallest absolute Gasteiger partial charge is 0.425 e. The summed E-state index contributed by atoms with van der Waals surface area (Å²) >= 11 is 0. The molecule has 0 aliphatic heterocycles. The lowest BCUT2D eigenvalue weighted by molar-refractivity contribution is -0.189. The van der Waals surface area contributed by atoms with Crippen molar-refractivity contribution in [3.63, 3.8) is 0 Å². The first-order valence-corrected chi connectivity index (χ1v) is 10.8. The number of rotatable bonds is 8. The van der Waals surface area contributed by atoms with E-state index >= 15 is 0 Å². The van der Waals surface area contributed by atoms with Gasteiger partial charge in [0.2, 0.25) is 10.0 Å². The van der Waals surface area contributed by atoms with Crippen LogP contribution in [0.1, 0.15) is 6.92 Å². The minimum atomic E-state index is -4.62. The van der Waals surface area contributed by atoms with Crippen molar-refractivity contribution in [3.05, 3.63) is 48.9 Å². The quantitative estimate of drug-likeness (QED) is 0.380. The Morgan fingerprint density at radius 2 is 1.70 bits per heavy atom. The van der Waals surface area contributed by atoms with Gasteiger partial charge in [0.1, 0.15) is 29.5 Å². The normalized spacial score (nSPS) is 12.8. The molecule has 2 heterocycles. The number of aromatic nitrogens is 3. The van der Waals surface area contributed by atoms with Crippen LogP contribution in [0.15, 0.2) is 53.8 Å². The van der Waals surface area contributed by atoms with Crippen LogP contribution < -0.4 is 25.8 Å². The molecule has 2 aromatic heterocycles. The Morgan fingerprint density at radius 1 is 1.00 bits per heavy atom. The molecule has 0 saturated carbocycles. The molecular weight excluding hydrogens is 463 g/mol. The molecule has 3 rings (SSSR count). The number of sulfonamides is 1. The monoisotopic (exact) mass is 483 g/mol. The minimum absolute atomic E-state index is 0.0438. The van der Waals surface area contributed by atoms with Crippen LogP contribution in [0.4, 0.5) is 42.0 Å². The van der Waals surface area contributed by atoms with E-state index in [1.54, 1.807) is 12.1 Å². The molecule has 1 atom stereocenters. The number of ether oxygens (including phenoxy) is 1. The number of halogens is 3. The number of alkyl halides is 3. The van der Waals surface area contributed by atoms with Gasteiger partial charge < -0.3 is 21.1 Å². The van der Waals surface area contributed by atoms with Gasteiger partial charge in [-0.1, -0.05) is 0 Å². The zero-order valence-electron chi connectivity index (χ0n) is 17.4. The Labute approximate surface area is 187 Å². The van der Waals surface area contributed by atoms with Crippen molar-refractivity contribution in [1.82, 2.24) is 19.7 Å². The Morgan fingerprint density at radius 3 is 2.30 bits per heavy atom. The van der Waals surface area contributed by atoms with Gasteiger partial charge in [0, 0.05) is 6.07 Å². The topological polar surface area (TPSA) is 144 Å². The molecule has 1 aromatic carbocycles. The van der Waals surface area contributed by atoms with E-state index in [0.717, 1.165) is 25.1 Å². The maximum absolute atomic E-state index is 13.0. The predicted octanol–water partition coefficient (Wildman–Crippen LogP) is 3.18. The van der Waals surface area contributed by atoms with E-state index in [9.17, 15) is 21.6 Å². The van der Waals surface area contributed by atoms with Gasteiger partial charge in [0.15, 0.2) is 6.10 Å². The number of nitrogens with zero attached hydrogens (tertiary/aromatic N) is 3. The molecular formula is C19H20F3N7O3S. The van der Waals surface area contributed by atoms with E-state index in [4.69, 9.17) is 10.5 Å². The lowest BCUT2D eigenvalue weighted by Crippen LogP contribution is -2.31. The van der Waals surface area contributed by atoms with Crippen molar-refractivity contribution in [3.8, 4) is 5.75 Å². The van der Waals surface area contributed by atoms with Crippen molar-refractivity contribution in [2.24, 2.45) is 0 Å². The summed E-state index contributed by atoms with van der Waals surface area (Å²) in [6.07, 6.45) is -4.11. The maximum Gasteiger partial charge on any atom is 0.425 e. The molecule has 33 heavy (non-hydrogen) atoms. The van der Waals surface area contributed by atoms with Gasteiger partial charge in [-0.05, 0) is 44.3 Å². The standard InChI is InChI=1S/C19H20F3N7O3S/c1-11(19(20,21)22)32-15-5-4-13(33(30,31)24-2)7-14(15)28-17-8-18(27-10-26-17)29-16-6-3-12(23)9-25-16/h3-11,24H,23H2,1-2H3,(H2,25,26,27,28,29).